The number of nitrogens with zero attached hydrogens (tertiary/aromatic N) is 1. The van der Waals surface area contributed by atoms with E-state index in [0.717, 1.165) is 6.07 Å². The summed E-state index contributed by atoms with van der Waals surface area (Å²) in [6.07, 6.45) is -1.45. The molecule has 0 radical (unpaired) electrons. The van der Waals surface area contributed by atoms with Crippen LogP contribution in [-0.4, -0.2) is 29.1 Å². The molecule has 1 atom stereocenters. The molecule has 8 heteroatoms. The van der Waals surface area contributed by atoms with Gasteiger partial charge < -0.3 is 9.47 Å². The fourth-order valence-corrected chi connectivity index (χ4v) is 1.57. The van der Waals surface area contributed by atoms with Crippen molar-refractivity contribution in [3.8, 4) is 0 Å². The number of carbonyl (C=O) groups is 2. The summed E-state index contributed by atoms with van der Waals surface area (Å²) in [4.78, 5) is 33.4. The van der Waals surface area contributed by atoms with E-state index in [1.807, 2.05) is 0 Å². The Bertz CT molecular complexity index is 572. The first-order chi connectivity index (χ1) is 9.72. The van der Waals surface area contributed by atoms with Gasteiger partial charge in [-0.05, 0) is 32.9 Å². The summed E-state index contributed by atoms with van der Waals surface area (Å²) >= 11 is 5.64. The molecule has 0 saturated heterocycles. The van der Waals surface area contributed by atoms with Gasteiger partial charge in [0.1, 0.15) is 5.02 Å². The first-order valence-electron chi connectivity index (χ1n) is 6.07. The van der Waals surface area contributed by atoms with Crippen LogP contribution in [0.15, 0.2) is 18.2 Å². The van der Waals surface area contributed by atoms with E-state index in [1.54, 1.807) is 13.8 Å². The molecule has 0 aliphatic carbocycles. The van der Waals surface area contributed by atoms with E-state index in [4.69, 9.17) is 21.1 Å². The maximum Gasteiger partial charge on any atom is 0.347 e. The molecule has 0 fully saturated rings. The van der Waals surface area contributed by atoms with E-state index in [9.17, 15) is 19.7 Å². The highest BCUT2D eigenvalue weighted by atomic mass is 35.5. The smallest absolute Gasteiger partial charge is 0.347 e. The molecule has 0 heterocycles. The van der Waals surface area contributed by atoms with Crippen LogP contribution < -0.4 is 0 Å². The van der Waals surface area contributed by atoms with Gasteiger partial charge in [-0.2, -0.15) is 0 Å². The number of hydrogen-bond acceptors (Lipinski definition) is 6. The lowest BCUT2D eigenvalue weighted by Crippen LogP contribution is -2.28. The van der Waals surface area contributed by atoms with Crippen molar-refractivity contribution in [2.24, 2.45) is 0 Å². The fraction of sp³-hybridized carbons (Fsp3) is 0.385. The Kier molecular flexibility index (Phi) is 5.66. The van der Waals surface area contributed by atoms with Crippen molar-refractivity contribution in [1.29, 1.82) is 0 Å². The molecule has 0 spiro atoms. The summed E-state index contributed by atoms with van der Waals surface area (Å²) in [6, 6.07) is 3.48. The first kappa shape index (κ1) is 16.9. The summed E-state index contributed by atoms with van der Waals surface area (Å²) < 4.78 is 9.78. The monoisotopic (exact) mass is 315 g/mol. The zero-order chi connectivity index (χ0) is 16.2. The molecule has 1 rings (SSSR count). The molecule has 1 aromatic carbocycles. The molecule has 114 valence electrons. The van der Waals surface area contributed by atoms with Crippen LogP contribution in [0.2, 0.25) is 5.02 Å². The SMILES string of the molecule is CC(C)OC(=O)[C@@H](C)OC(=O)c1ccc(Cl)c([N+](=O)[O-])c1. The lowest BCUT2D eigenvalue weighted by atomic mass is 10.2. The lowest BCUT2D eigenvalue weighted by Gasteiger charge is -2.14. The Balaban J connectivity index is 2.83. The summed E-state index contributed by atoms with van der Waals surface area (Å²) in [5, 5.41) is 10.6. The number of esters is 2. The molecule has 0 amide bonds. The molecule has 0 N–H and O–H groups in total. The number of hydrogen-bond donors (Lipinski definition) is 0. The standard InChI is InChI=1S/C13H14ClNO6/c1-7(2)20-12(16)8(3)21-13(17)9-4-5-10(14)11(6-9)15(18)19/h4-8H,1-3H3/t8-/m1/s1. The van der Waals surface area contributed by atoms with Crippen molar-refractivity contribution < 1.29 is 24.0 Å². The summed E-state index contributed by atoms with van der Waals surface area (Å²) in [6.45, 7) is 4.68. The highest BCUT2D eigenvalue weighted by Crippen LogP contribution is 2.25. The average molecular weight is 316 g/mol. The Morgan fingerprint density at radius 1 is 1.24 bits per heavy atom. The molecule has 0 aromatic heterocycles. The average Bonchev–Trinajstić information content (AvgIpc) is 2.37. The zero-order valence-electron chi connectivity index (χ0n) is 11.7. The van der Waals surface area contributed by atoms with Gasteiger partial charge >= 0.3 is 11.9 Å². The van der Waals surface area contributed by atoms with Crippen molar-refractivity contribution >= 4 is 29.2 Å². The third-order valence-corrected chi connectivity index (χ3v) is 2.67. The number of carbonyl (C=O) groups excluding carboxylic acids is 2. The molecule has 0 saturated carbocycles. The Morgan fingerprint density at radius 2 is 1.86 bits per heavy atom. The molecule has 0 aliphatic heterocycles. The van der Waals surface area contributed by atoms with Gasteiger partial charge in [0.05, 0.1) is 16.6 Å². The molecule has 1 aromatic rings. The molecule has 0 bridgehead atoms. The number of benzene rings is 1. The van der Waals surface area contributed by atoms with E-state index in [0.29, 0.717) is 0 Å². The molecule has 7 nitrogen and oxygen atoms in total. The number of halogens is 1. The summed E-state index contributed by atoms with van der Waals surface area (Å²) in [5.41, 5.74) is -0.487. The number of rotatable bonds is 5. The largest absolute Gasteiger partial charge is 0.460 e. The number of nitro benzene ring substituents is 1. The minimum absolute atomic E-state index is 0.0738. The first-order valence-corrected chi connectivity index (χ1v) is 6.45. The van der Waals surface area contributed by atoms with Gasteiger partial charge in [0.15, 0.2) is 6.10 Å². The molecule has 0 unspecified atom stereocenters. The van der Waals surface area contributed by atoms with Crippen LogP contribution in [0.5, 0.6) is 0 Å². The van der Waals surface area contributed by atoms with Gasteiger partial charge in [0.2, 0.25) is 0 Å². The highest BCUT2D eigenvalue weighted by Gasteiger charge is 2.23. The lowest BCUT2D eigenvalue weighted by molar-refractivity contribution is -0.384. The second-order valence-electron chi connectivity index (χ2n) is 4.46. The van der Waals surface area contributed by atoms with Crippen molar-refractivity contribution in [3.05, 3.63) is 38.9 Å². The van der Waals surface area contributed by atoms with Crippen LogP contribution in [0, 0.1) is 10.1 Å². The van der Waals surface area contributed by atoms with Crippen LogP contribution in [-0.2, 0) is 14.3 Å². The van der Waals surface area contributed by atoms with Crippen molar-refractivity contribution in [1.82, 2.24) is 0 Å². The number of ether oxygens (including phenoxy) is 2. The highest BCUT2D eigenvalue weighted by molar-refractivity contribution is 6.32. The van der Waals surface area contributed by atoms with E-state index in [-0.39, 0.29) is 16.7 Å². The van der Waals surface area contributed by atoms with E-state index < -0.39 is 28.7 Å². The van der Waals surface area contributed by atoms with Crippen LogP contribution in [0.25, 0.3) is 0 Å². The molecular formula is C13H14ClNO6. The van der Waals surface area contributed by atoms with E-state index >= 15 is 0 Å². The second kappa shape index (κ2) is 7.03. The summed E-state index contributed by atoms with van der Waals surface area (Å²) in [5.74, 6) is -1.57. The van der Waals surface area contributed by atoms with Gasteiger partial charge in [-0.25, -0.2) is 9.59 Å². The minimum Gasteiger partial charge on any atom is -0.460 e. The van der Waals surface area contributed by atoms with Gasteiger partial charge in [-0.1, -0.05) is 11.6 Å². The van der Waals surface area contributed by atoms with Gasteiger partial charge in [-0.3, -0.25) is 10.1 Å². The third-order valence-electron chi connectivity index (χ3n) is 2.35. The van der Waals surface area contributed by atoms with Crippen LogP contribution >= 0.6 is 11.6 Å². The molecule has 21 heavy (non-hydrogen) atoms. The van der Waals surface area contributed by atoms with Gasteiger partial charge in [0, 0.05) is 6.07 Å². The van der Waals surface area contributed by atoms with Crippen LogP contribution in [0.4, 0.5) is 5.69 Å². The van der Waals surface area contributed by atoms with Gasteiger partial charge in [0.25, 0.3) is 5.69 Å². The van der Waals surface area contributed by atoms with Gasteiger partial charge in [-0.15, -0.1) is 0 Å². The quantitative estimate of drug-likeness (QED) is 0.471. The predicted octanol–water partition coefficient (Wildman–Crippen LogP) is 2.75. The Morgan fingerprint density at radius 3 is 2.38 bits per heavy atom. The van der Waals surface area contributed by atoms with Crippen molar-refractivity contribution in [2.45, 2.75) is 33.0 Å². The van der Waals surface area contributed by atoms with Crippen LogP contribution in [0.3, 0.4) is 0 Å². The maximum atomic E-state index is 11.8. The number of nitro groups is 1. The predicted molar refractivity (Wildman–Crippen MR) is 74.2 cm³/mol. The Labute approximate surface area is 125 Å². The zero-order valence-corrected chi connectivity index (χ0v) is 12.4. The maximum absolute atomic E-state index is 11.8. The third kappa shape index (κ3) is 4.71. The van der Waals surface area contributed by atoms with Crippen molar-refractivity contribution in [3.63, 3.8) is 0 Å². The summed E-state index contributed by atoms with van der Waals surface area (Å²) in [7, 11) is 0. The minimum atomic E-state index is -1.12. The molecule has 0 aliphatic rings. The topological polar surface area (TPSA) is 95.7 Å². The van der Waals surface area contributed by atoms with E-state index in [1.165, 1.54) is 19.1 Å². The van der Waals surface area contributed by atoms with E-state index in [2.05, 4.69) is 0 Å². The Hall–Kier alpha value is -2.15. The van der Waals surface area contributed by atoms with Crippen molar-refractivity contribution in [2.75, 3.05) is 0 Å². The normalized spacial score (nSPS) is 11.9. The fourth-order valence-electron chi connectivity index (χ4n) is 1.38. The van der Waals surface area contributed by atoms with Crippen LogP contribution in [0.1, 0.15) is 31.1 Å². The molecular weight excluding hydrogens is 302 g/mol. The second-order valence-corrected chi connectivity index (χ2v) is 4.86.